The smallest absolute Gasteiger partial charge is 0.315 e. The molecule has 0 aliphatic rings. The number of hydrogen-bond donors (Lipinski definition) is 0. The third-order valence-corrected chi connectivity index (χ3v) is 4.00. The monoisotopic (exact) mass is 318 g/mol. The molecule has 0 saturated heterocycles. The Morgan fingerprint density at radius 1 is 1.24 bits per heavy atom. The molecular formula is C15H11ClN2O2S. The van der Waals surface area contributed by atoms with Crippen LogP contribution in [0.2, 0.25) is 5.02 Å². The second-order valence-corrected chi connectivity index (χ2v) is 5.69. The van der Waals surface area contributed by atoms with Gasteiger partial charge in [0.25, 0.3) is 0 Å². The highest BCUT2D eigenvalue weighted by molar-refractivity contribution is 7.07. The van der Waals surface area contributed by atoms with Crippen LogP contribution in [-0.2, 0) is 7.05 Å². The molecule has 4 nitrogen and oxygen atoms in total. The first-order valence-corrected chi connectivity index (χ1v) is 7.44. The number of carbonyl (C=O) groups excluding carboxylic acids is 1. The molecule has 0 aliphatic carbocycles. The fourth-order valence-electron chi connectivity index (χ4n) is 1.80. The molecule has 0 unspecified atom stereocenters. The van der Waals surface area contributed by atoms with Gasteiger partial charge in [-0.15, -0.1) is 11.3 Å². The van der Waals surface area contributed by atoms with Crippen molar-refractivity contribution in [3.05, 3.63) is 63.6 Å². The predicted molar refractivity (Wildman–Crippen MR) is 82.3 cm³/mol. The number of aryl methyl sites for hydroxylation is 1. The van der Waals surface area contributed by atoms with E-state index in [0.717, 1.165) is 5.56 Å². The molecule has 2 aromatic heterocycles. The first kappa shape index (κ1) is 13.9. The van der Waals surface area contributed by atoms with Crippen LogP contribution in [0.3, 0.4) is 0 Å². The van der Waals surface area contributed by atoms with E-state index in [1.807, 2.05) is 30.8 Å². The molecular weight excluding hydrogens is 308 g/mol. The standard InChI is InChI=1S/C15H11ClN2O2S/c1-18-8-9-21-15(18)17-14(19)13-7-6-12(20-13)10-2-4-11(16)5-3-10/h2-9H,1H3. The van der Waals surface area contributed by atoms with Gasteiger partial charge in [0.2, 0.25) is 0 Å². The summed E-state index contributed by atoms with van der Waals surface area (Å²) in [5.74, 6) is 0.433. The second-order valence-electron chi connectivity index (χ2n) is 4.38. The third kappa shape index (κ3) is 2.99. The van der Waals surface area contributed by atoms with Gasteiger partial charge >= 0.3 is 5.91 Å². The number of aromatic nitrogens is 1. The normalized spacial score (nSPS) is 11.8. The van der Waals surface area contributed by atoms with Crippen molar-refractivity contribution in [1.82, 2.24) is 4.57 Å². The molecule has 0 atom stereocenters. The Morgan fingerprint density at radius 2 is 2.00 bits per heavy atom. The topological polar surface area (TPSA) is 47.5 Å². The van der Waals surface area contributed by atoms with Crippen molar-refractivity contribution in [3.63, 3.8) is 0 Å². The maximum Gasteiger partial charge on any atom is 0.315 e. The Balaban J connectivity index is 1.90. The molecule has 3 aromatic rings. The number of benzene rings is 1. The van der Waals surface area contributed by atoms with E-state index in [1.54, 1.807) is 28.8 Å². The van der Waals surface area contributed by atoms with Gasteiger partial charge in [-0.25, -0.2) is 0 Å². The summed E-state index contributed by atoms with van der Waals surface area (Å²) in [6, 6.07) is 10.6. The van der Waals surface area contributed by atoms with E-state index in [4.69, 9.17) is 16.0 Å². The number of hydrogen-bond acceptors (Lipinski definition) is 3. The minimum Gasteiger partial charge on any atom is -0.451 e. The summed E-state index contributed by atoms with van der Waals surface area (Å²) in [6.07, 6.45) is 1.85. The molecule has 0 N–H and O–H groups in total. The number of nitrogens with zero attached hydrogens (tertiary/aromatic N) is 2. The SMILES string of the molecule is Cn1ccsc1=NC(=O)c1ccc(-c2ccc(Cl)cc2)o1. The van der Waals surface area contributed by atoms with E-state index in [2.05, 4.69) is 4.99 Å². The number of amides is 1. The van der Waals surface area contributed by atoms with Crippen LogP contribution in [0.5, 0.6) is 0 Å². The summed E-state index contributed by atoms with van der Waals surface area (Å²) in [5.41, 5.74) is 0.861. The lowest BCUT2D eigenvalue weighted by atomic mass is 10.2. The maximum absolute atomic E-state index is 12.1. The zero-order chi connectivity index (χ0) is 14.8. The van der Waals surface area contributed by atoms with Crippen molar-refractivity contribution in [3.8, 4) is 11.3 Å². The van der Waals surface area contributed by atoms with E-state index in [9.17, 15) is 4.79 Å². The van der Waals surface area contributed by atoms with Crippen LogP contribution >= 0.6 is 22.9 Å². The molecule has 0 saturated carbocycles. The van der Waals surface area contributed by atoms with Gasteiger partial charge in [0.05, 0.1) is 0 Å². The highest BCUT2D eigenvalue weighted by Gasteiger charge is 2.11. The molecule has 2 heterocycles. The Labute approximate surface area is 129 Å². The Bertz CT molecular complexity index is 843. The number of thiazole rings is 1. The van der Waals surface area contributed by atoms with Crippen LogP contribution < -0.4 is 4.80 Å². The van der Waals surface area contributed by atoms with Gasteiger partial charge < -0.3 is 8.98 Å². The number of rotatable bonds is 2. The quantitative estimate of drug-likeness (QED) is 0.722. The van der Waals surface area contributed by atoms with Crippen molar-refractivity contribution < 1.29 is 9.21 Å². The molecule has 0 bridgehead atoms. The first-order valence-electron chi connectivity index (χ1n) is 6.18. The van der Waals surface area contributed by atoms with Gasteiger partial charge in [-0.3, -0.25) is 4.79 Å². The van der Waals surface area contributed by atoms with Crippen LogP contribution in [0.4, 0.5) is 0 Å². The van der Waals surface area contributed by atoms with E-state index < -0.39 is 5.91 Å². The molecule has 1 amide bonds. The lowest BCUT2D eigenvalue weighted by Gasteiger charge is -1.96. The van der Waals surface area contributed by atoms with Crippen molar-refractivity contribution in [2.75, 3.05) is 0 Å². The van der Waals surface area contributed by atoms with Crippen LogP contribution in [0, 0.1) is 0 Å². The van der Waals surface area contributed by atoms with Crippen molar-refractivity contribution >= 4 is 28.8 Å². The number of halogens is 1. The first-order chi connectivity index (χ1) is 10.1. The van der Waals surface area contributed by atoms with Crippen molar-refractivity contribution in [1.29, 1.82) is 0 Å². The van der Waals surface area contributed by atoms with E-state index in [1.165, 1.54) is 11.3 Å². The number of carbonyl (C=O) groups is 1. The lowest BCUT2D eigenvalue weighted by Crippen LogP contribution is -2.12. The fourth-order valence-corrected chi connectivity index (χ4v) is 2.65. The van der Waals surface area contributed by atoms with Gasteiger partial charge in [-0.2, -0.15) is 4.99 Å². The summed E-state index contributed by atoms with van der Waals surface area (Å²) >= 11 is 7.24. The van der Waals surface area contributed by atoms with Gasteiger partial charge in [-0.1, -0.05) is 11.6 Å². The molecule has 0 aliphatic heterocycles. The van der Waals surface area contributed by atoms with Gasteiger partial charge in [0.15, 0.2) is 10.6 Å². The van der Waals surface area contributed by atoms with Gasteiger partial charge in [0, 0.05) is 29.2 Å². The van der Waals surface area contributed by atoms with Gasteiger partial charge in [0.1, 0.15) is 5.76 Å². The summed E-state index contributed by atoms with van der Waals surface area (Å²) in [4.78, 5) is 16.7. The summed E-state index contributed by atoms with van der Waals surface area (Å²) in [5, 5.41) is 2.52. The fraction of sp³-hybridized carbons (Fsp3) is 0.0667. The summed E-state index contributed by atoms with van der Waals surface area (Å²) in [6.45, 7) is 0. The summed E-state index contributed by atoms with van der Waals surface area (Å²) < 4.78 is 7.35. The van der Waals surface area contributed by atoms with Crippen molar-refractivity contribution in [2.45, 2.75) is 0 Å². The predicted octanol–water partition coefficient (Wildman–Crippen LogP) is 3.74. The minimum atomic E-state index is -0.395. The molecule has 21 heavy (non-hydrogen) atoms. The van der Waals surface area contributed by atoms with E-state index in [-0.39, 0.29) is 5.76 Å². The Morgan fingerprint density at radius 3 is 2.67 bits per heavy atom. The molecule has 3 rings (SSSR count). The molecule has 106 valence electrons. The zero-order valence-corrected chi connectivity index (χ0v) is 12.7. The Kier molecular flexibility index (Phi) is 3.77. The van der Waals surface area contributed by atoms with Crippen molar-refractivity contribution in [2.24, 2.45) is 12.0 Å². The minimum absolute atomic E-state index is 0.216. The van der Waals surface area contributed by atoms with Crippen LogP contribution in [0.15, 0.2) is 57.4 Å². The van der Waals surface area contributed by atoms with Crippen LogP contribution in [-0.4, -0.2) is 10.5 Å². The zero-order valence-electron chi connectivity index (χ0n) is 11.1. The largest absolute Gasteiger partial charge is 0.451 e. The second kappa shape index (κ2) is 5.71. The lowest BCUT2D eigenvalue weighted by molar-refractivity contribution is 0.0972. The molecule has 1 aromatic carbocycles. The van der Waals surface area contributed by atoms with Gasteiger partial charge in [-0.05, 0) is 36.4 Å². The Hall–Kier alpha value is -2.11. The molecule has 6 heteroatoms. The van der Waals surface area contributed by atoms with E-state index in [0.29, 0.717) is 15.6 Å². The average molecular weight is 319 g/mol. The van der Waals surface area contributed by atoms with Crippen LogP contribution in [0.1, 0.15) is 10.6 Å². The molecule has 0 fully saturated rings. The summed E-state index contributed by atoms with van der Waals surface area (Å²) in [7, 11) is 1.84. The average Bonchev–Trinajstić information content (AvgIpc) is 3.10. The molecule has 0 radical (unpaired) electrons. The highest BCUT2D eigenvalue weighted by Crippen LogP contribution is 2.24. The van der Waals surface area contributed by atoms with E-state index >= 15 is 0 Å². The third-order valence-electron chi connectivity index (χ3n) is 2.90. The maximum atomic E-state index is 12.1. The number of furan rings is 1. The highest BCUT2D eigenvalue weighted by atomic mass is 35.5. The van der Waals surface area contributed by atoms with Crippen LogP contribution in [0.25, 0.3) is 11.3 Å². The molecule has 0 spiro atoms.